The average molecular weight is 279 g/mol. The van der Waals surface area contributed by atoms with Crippen LogP contribution in [0, 0.1) is 13.8 Å². The summed E-state index contributed by atoms with van der Waals surface area (Å²) < 4.78 is 5.61. The smallest absolute Gasteiger partial charge is 0.168 e. The lowest BCUT2D eigenvalue weighted by Crippen LogP contribution is -2.12. The maximum atomic E-state index is 6.09. The van der Waals surface area contributed by atoms with Gasteiger partial charge in [-0.2, -0.15) is 0 Å². The van der Waals surface area contributed by atoms with Crippen LogP contribution in [-0.4, -0.2) is 9.97 Å². The molecular formula is C13H15ClN4O. The van der Waals surface area contributed by atoms with Crippen LogP contribution in [-0.2, 0) is 6.61 Å². The first-order valence-corrected chi connectivity index (χ1v) is 6.16. The molecule has 2 rings (SSSR count). The van der Waals surface area contributed by atoms with Crippen molar-refractivity contribution < 1.29 is 4.74 Å². The number of aromatic nitrogens is 2. The van der Waals surface area contributed by atoms with E-state index in [0.29, 0.717) is 22.4 Å². The molecule has 0 unspecified atom stereocenters. The quantitative estimate of drug-likeness (QED) is 0.664. The van der Waals surface area contributed by atoms with Crippen molar-refractivity contribution in [1.82, 2.24) is 9.97 Å². The number of nitrogens with two attached hydrogens (primary N) is 1. The molecule has 0 aliphatic rings. The highest BCUT2D eigenvalue weighted by molar-refractivity contribution is 6.32. The second-order valence-electron chi connectivity index (χ2n) is 4.18. The van der Waals surface area contributed by atoms with Gasteiger partial charge in [-0.05, 0) is 31.5 Å². The average Bonchev–Trinajstić information content (AvgIpc) is 2.37. The van der Waals surface area contributed by atoms with E-state index in [1.54, 1.807) is 6.07 Å². The summed E-state index contributed by atoms with van der Waals surface area (Å²) in [6.45, 7) is 4.07. The zero-order valence-electron chi connectivity index (χ0n) is 10.8. The first-order chi connectivity index (χ1) is 9.08. The third-order valence-electron chi connectivity index (χ3n) is 2.49. The van der Waals surface area contributed by atoms with Crippen LogP contribution in [0.25, 0.3) is 0 Å². The van der Waals surface area contributed by atoms with Crippen molar-refractivity contribution in [2.24, 2.45) is 5.84 Å². The largest absolute Gasteiger partial charge is 0.484 e. The minimum atomic E-state index is 0.235. The minimum Gasteiger partial charge on any atom is -0.484 e. The van der Waals surface area contributed by atoms with E-state index in [1.807, 2.05) is 32.0 Å². The van der Waals surface area contributed by atoms with E-state index in [4.69, 9.17) is 22.2 Å². The van der Waals surface area contributed by atoms with Gasteiger partial charge in [-0.3, -0.25) is 0 Å². The predicted molar refractivity (Wildman–Crippen MR) is 75.1 cm³/mol. The Kier molecular flexibility index (Phi) is 4.19. The van der Waals surface area contributed by atoms with Crippen LogP contribution in [0.4, 0.5) is 5.82 Å². The van der Waals surface area contributed by atoms with Crippen LogP contribution < -0.4 is 16.0 Å². The third-order valence-corrected chi connectivity index (χ3v) is 2.79. The molecule has 0 spiro atoms. The molecule has 0 bridgehead atoms. The summed E-state index contributed by atoms with van der Waals surface area (Å²) in [4.78, 5) is 8.47. The van der Waals surface area contributed by atoms with Gasteiger partial charge in [-0.1, -0.05) is 17.7 Å². The van der Waals surface area contributed by atoms with Gasteiger partial charge < -0.3 is 10.2 Å². The number of hydrogen-bond acceptors (Lipinski definition) is 5. The standard InChI is InChI=1S/C13H15ClN4O/c1-8-3-4-11(10(14)5-8)19-7-13-16-9(2)6-12(17-13)18-15/h3-6H,7,15H2,1-2H3,(H,16,17,18). The van der Waals surface area contributed by atoms with Crippen LogP contribution in [0.3, 0.4) is 0 Å². The lowest BCUT2D eigenvalue weighted by atomic mass is 10.2. The molecule has 19 heavy (non-hydrogen) atoms. The van der Waals surface area contributed by atoms with E-state index < -0.39 is 0 Å². The fourth-order valence-electron chi connectivity index (χ4n) is 1.63. The van der Waals surface area contributed by atoms with E-state index >= 15 is 0 Å². The van der Waals surface area contributed by atoms with Crippen molar-refractivity contribution in [2.75, 3.05) is 5.43 Å². The van der Waals surface area contributed by atoms with Crippen molar-refractivity contribution in [1.29, 1.82) is 0 Å². The normalized spacial score (nSPS) is 10.3. The van der Waals surface area contributed by atoms with Crippen LogP contribution >= 0.6 is 11.6 Å². The molecule has 1 heterocycles. The monoisotopic (exact) mass is 278 g/mol. The lowest BCUT2D eigenvalue weighted by molar-refractivity contribution is 0.296. The molecule has 0 fully saturated rings. The van der Waals surface area contributed by atoms with Gasteiger partial charge in [0.25, 0.3) is 0 Å². The van der Waals surface area contributed by atoms with E-state index in [2.05, 4.69) is 15.4 Å². The predicted octanol–water partition coefficient (Wildman–Crippen LogP) is 2.61. The van der Waals surface area contributed by atoms with Crippen molar-refractivity contribution in [3.05, 3.63) is 46.4 Å². The molecule has 0 aliphatic heterocycles. The molecule has 100 valence electrons. The Morgan fingerprint density at radius 2 is 2.05 bits per heavy atom. The molecule has 6 heteroatoms. The van der Waals surface area contributed by atoms with Crippen molar-refractivity contribution in [2.45, 2.75) is 20.5 Å². The Labute approximate surface area is 116 Å². The molecule has 0 radical (unpaired) electrons. The Bertz CT molecular complexity index is 589. The van der Waals surface area contributed by atoms with Gasteiger partial charge in [0, 0.05) is 11.8 Å². The van der Waals surface area contributed by atoms with E-state index in [0.717, 1.165) is 11.3 Å². The molecule has 5 nitrogen and oxygen atoms in total. The zero-order chi connectivity index (χ0) is 13.8. The first kappa shape index (κ1) is 13.6. The van der Waals surface area contributed by atoms with E-state index in [9.17, 15) is 0 Å². The summed E-state index contributed by atoms with van der Waals surface area (Å²) in [5.41, 5.74) is 4.39. The molecular weight excluding hydrogens is 264 g/mol. The van der Waals surface area contributed by atoms with Gasteiger partial charge in [-0.25, -0.2) is 15.8 Å². The lowest BCUT2D eigenvalue weighted by Gasteiger charge is -2.09. The number of aryl methyl sites for hydroxylation is 2. The van der Waals surface area contributed by atoms with Crippen LogP contribution in [0.15, 0.2) is 24.3 Å². The van der Waals surface area contributed by atoms with Gasteiger partial charge in [0.1, 0.15) is 18.2 Å². The highest BCUT2D eigenvalue weighted by Gasteiger charge is 2.05. The maximum absolute atomic E-state index is 6.09. The zero-order valence-corrected chi connectivity index (χ0v) is 11.5. The SMILES string of the molecule is Cc1ccc(OCc2nc(C)cc(NN)n2)c(Cl)c1. The van der Waals surface area contributed by atoms with Gasteiger partial charge in [0.15, 0.2) is 5.82 Å². The molecule has 0 saturated heterocycles. The number of nitrogens with one attached hydrogen (secondary N) is 1. The molecule has 0 saturated carbocycles. The molecule has 3 N–H and O–H groups in total. The summed E-state index contributed by atoms with van der Waals surface area (Å²) in [6.07, 6.45) is 0. The molecule has 0 aliphatic carbocycles. The Balaban J connectivity index is 2.12. The number of halogens is 1. The summed E-state index contributed by atoms with van der Waals surface area (Å²) in [5.74, 6) is 7.05. The number of benzene rings is 1. The highest BCUT2D eigenvalue weighted by atomic mass is 35.5. The van der Waals surface area contributed by atoms with Crippen molar-refractivity contribution in [3.63, 3.8) is 0 Å². The molecule has 1 aromatic carbocycles. The minimum absolute atomic E-state index is 0.235. The number of nitrogens with zero attached hydrogens (tertiary/aromatic N) is 2. The third kappa shape index (κ3) is 3.56. The van der Waals surface area contributed by atoms with E-state index in [1.165, 1.54) is 0 Å². The van der Waals surface area contributed by atoms with Gasteiger partial charge in [-0.15, -0.1) is 0 Å². The topological polar surface area (TPSA) is 73.1 Å². The summed E-state index contributed by atoms with van der Waals surface area (Å²) in [5, 5.41) is 0.574. The number of rotatable bonds is 4. The number of ether oxygens (including phenoxy) is 1. The number of nitrogen functional groups attached to an aromatic ring is 1. The fourth-order valence-corrected chi connectivity index (χ4v) is 1.92. The van der Waals surface area contributed by atoms with E-state index in [-0.39, 0.29) is 6.61 Å². The number of hydrazine groups is 1. The van der Waals surface area contributed by atoms with Gasteiger partial charge >= 0.3 is 0 Å². The Morgan fingerprint density at radius 3 is 2.74 bits per heavy atom. The number of hydrogen-bond donors (Lipinski definition) is 2. The van der Waals surface area contributed by atoms with Gasteiger partial charge in [0.05, 0.1) is 5.02 Å². The van der Waals surface area contributed by atoms with Crippen LogP contribution in [0.2, 0.25) is 5.02 Å². The van der Waals surface area contributed by atoms with Crippen molar-refractivity contribution in [3.8, 4) is 5.75 Å². The summed E-state index contributed by atoms with van der Waals surface area (Å²) >= 11 is 6.09. The first-order valence-electron chi connectivity index (χ1n) is 5.78. The number of anilines is 1. The molecule has 0 amide bonds. The second-order valence-corrected chi connectivity index (χ2v) is 4.58. The fraction of sp³-hybridized carbons (Fsp3) is 0.231. The van der Waals surface area contributed by atoms with Gasteiger partial charge in [0.2, 0.25) is 0 Å². The highest BCUT2D eigenvalue weighted by Crippen LogP contribution is 2.25. The Morgan fingerprint density at radius 1 is 1.26 bits per heavy atom. The maximum Gasteiger partial charge on any atom is 0.168 e. The van der Waals surface area contributed by atoms with Crippen LogP contribution in [0.5, 0.6) is 5.75 Å². The summed E-state index contributed by atoms with van der Waals surface area (Å²) in [7, 11) is 0. The second kappa shape index (κ2) is 5.86. The summed E-state index contributed by atoms with van der Waals surface area (Å²) in [6, 6.07) is 7.37. The van der Waals surface area contributed by atoms with Crippen LogP contribution in [0.1, 0.15) is 17.1 Å². The molecule has 1 aromatic heterocycles. The molecule has 2 aromatic rings. The molecule has 0 atom stereocenters. The van der Waals surface area contributed by atoms with Crippen molar-refractivity contribution >= 4 is 17.4 Å². The Hall–Kier alpha value is -1.85.